The average Bonchev–Trinajstić information content (AvgIpc) is 3.54. The first kappa shape index (κ1) is 27.1. The summed E-state index contributed by atoms with van der Waals surface area (Å²) in [4.78, 5) is 30.2. The molecule has 0 spiro atoms. The summed E-state index contributed by atoms with van der Waals surface area (Å²) in [6.07, 6.45) is 0.613. The molecule has 0 bridgehead atoms. The van der Waals surface area contributed by atoms with Gasteiger partial charge in [-0.15, -0.1) is 0 Å². The maximum Gasteiger partial charge on any atom is 0.322 e. The SMILES string of the molecule is CCOCCCN(CC(=O)N(Cc1ccc2c(c1)OCO2)Cc1ccc(C)o1)C(=O)Nc1ccccc1C. The number of aryl methyl sites for hydroxylation is 2. The van der Waals surface area contributed by atoms with Gasteiger partial charge in [-0.05, 0) is 68.7 Å². The van der Waals surface area contributed by atoms with Crippen molar-refractivity contribution < 1.29 is 28.2 Å². The van der Waals surface area contributed by atoms with Gasteiger partial charge in [0.15, 0.2) is 11.5 Å². The van der Waals surface area contributed by atoms with Crippen LogP contribution in [-0.4, -0.2) is 54.8 Å². The van der Waals surface area contributed by atoms with Gasteiger partial charge in [-0.25, -0.2) is 4.79 Å². The molecule has 0 atom stereocenters. The van der Waals surface area contributed by atoms with E-state index in [1.165, 1.54) is 4.90 Å². The highest BCUT2D eigenvalue weighted by Gasteiger charge is 2.24. The van der Waals surface area contributed by atoms with Gasteiger partial charge in [-0.2, -0.15) is 0 Å². The average molecular weight is 522 g/mol. The van der Waals surface area contributed by atoms with Crippen LogP contribution in [0.1, 0.15) is 36.0 Å². The number of benzene rings is 2. The summed E-state index contributed by atoms with van der Waals surface area (Å²) in [6.45, 7) is 7.88. The highest BCUT2D eigenvalue weighted by atomic mass is 16.7. The Balaban J connectivity index is 1.51. The van der Waals surface area contributed by atoms with E-state index in [1.807, 2.05) is 75.4 Å². The van der Waals surface area contributed by atoms with E-state index < -0.39 is 0 Å². The van der Waals surface area contributed by atoms with Crippen LogP contribution in [0.5, 0.6) is 11.5 Å². The summed E-state index contributed by atoms with van der Waals surface area (Å²) in [7, 11) is 0. The molecule has 3 aromatic rings. The maximum atomic E-state index is 13.7. The lowest BCUT2D eigenvalue weighted by Crippen LogP contribution is -2.44. The Morgan fingerprint density at radius 1 is 0.974 bits per heavy atom. The van der Waals surface area contributed by atoms with Crippen molar-refractivity contribution in [1.82, 2.24) is 9.80 Å². The Bertz CT molecular complexity index is 1240. The fourth-order valence-corrected chi connectivity index (χ4v) is 4.18. The number of para-hydroxylation sites is 1. The zero-order valence-corrected chi connectivity index (χ0v) is 22.2. The van der Waals surface area contributed by atoms with Gasteiger partial charge in [0.05, 0.1) is 6.54 Å². The first-order valence-corrected chi connectivity index (χ1v) is 12.8. The minimum Gasteiger partial charge on any atom is -0.464 e. The third-order valence-electron chi connectivity index (χ3n) is 6.23. The molecule has 9 heteroatoms. The zero-order chi connectivity index (χ0) is 26.9. The van der Waals surface area contributed by atoms with Crippen molar-refractivity contribution in [3.05, 3.63) is 77.2 Å². The number of hydrogen-bond donors (Lipinski definition) is 1. The van der Waals surface area contributed by atoms with E-state index >= 15 is 0 Å². The Morgan fingerprint density at radius 2 is 1.79 bits per heavy atom. The molecule has 0 saturated carbocycles. The van der Waals surface area contributed by atoms with Crippen LogP contribution in [0, 0.1) is 13.8 Å². The molecule has 1 aliphatic rings. The predicted octanol–water partition coefficient (Wildman–Crippen LogP) is 5.11. The molecule has 1 aliphatic heterocycles. The smallest absolute Gasteiger partial charge is 0.322 e. The van der Waals surface area contributed by atoms with Crippen molar-refractivity contribution in [2.75, 3.05) is 38.4 Å². The molecular weight excluding hydrogens is 486 g/mol. The molecule has 0 fully saturated rings. The van der Waals surface area contributed by atoms with E-state index in [-0.39, 0.29) is 31.8 Å². The van der Waals surface area contributed by atoms with E-state index in [1.54, 1.807) is 4.90 Å². The Kier molecular flexibility index (Phi) is 9.26. The van der Waals surface area contributed by atoms with Crippen molar-refractivity contribution in [3.8, 4) is 11.5 Å². The summed E-state index contributed by atoms with van der Waals surface area (Å²) >= 11 is 0. The van der Waals surface area contributed by atoms with Crippen molar-refractivity contribution >= 4 is 17.6 Å². The van der Waals surface area contributed by atoms with Crippen LogP contribution >= 0.6 is 0 Å². The van der Waals surface area contributed by atoms with E-state index in [2.05, 4.69) is 5.32 Å². The number of carbonyl (C=O) groups is 2. The lowest BCUT2D eigenvalue weighted by Gasteiger charge is -2.28. The molecular formula is C29H35N3O6. The highest BCUT2D eigenvalue weighted by Crippen LogP contribution is 2.33. The van der Waals surface area contributed by atoms with Crippen molar-refractivity contribution in [1.29, 1.82) is 0 Å². The molecule has 0 unspecified atom stereocenters. The first-order chi connectivity index (χ1) is 18.4. The van der Waals surface area contributed by atoms with Crippen molar-refractivity contribution in [3.63, 3.8) is 0 Å². The molecule has 9 nitrogen and oxygen atoms in total. The van der Waals surface area contributed by atoms with Gasteiger partial charge in [0.25, 0.3) is 0 Å². The summed E-state index contributed by atoms with van der Waals surface area (Å²) in [5.74, 6) is 2.57. The van der Waals surface area contributed by atoms with Crippen LogP contribution in [0.3, 0.4) is 0 Å². The van der Waals surface area contributed by atoms with Gasteiger partial charge < -0.3 is 33.7 Å². The molecule has 0 aliphatic carbocycles. The number of hydrogen-bond acceptors (Lipinski definition) is 6. The second-order valence-corrected chi connectivity index (χ2v) is 9.17. The Hall–Kier alpha value is -3.98. The molecule has 1 N–H and O–H groups in total. The van der Waals surface area contributed by atoms with Crippen LogP contribution in [0.2, 0.25) is 0 Å². The van der Waals surface area contributed by atoms with Crippen LogP contribution in [0.15, 0.2) is 59.0 Å². The number of ether oxygens (including phenoxy) is 3. The number of carbonyl (C=O) groups excluding carboxylic acids is 2. The topological polar surface area (TPSA) is 93.5 Å². The molecule has 202 valence electrons. The van der Waals surface area contributed by atoms with Gasteiger partial charge in [0.1, 0.15) is 18.1 Å². The van der Waals surface area contributed by atoms with Crippen molar-refractivity contribution in [2.45, 2.75) is 40.3 Å². The molecule has 0 radical (unpaired) electrons. The molecule has 2 aromatic carbocycles. The van der Waals surface area contributed by atoms with Gasteiger partial charge in [0.2, 0.25) is 12.7 Å². The number of urea groups is 1. The fraction of sp³-hybridized carbons (Fsp3) is 0.379. The number of nitrogens with one attached hydrogen (secondary N) is 1. The number of nitrogens with zero attached hydrogens (tertiary/aromatic N) is 2. The largest absolute Gasteiger partial charge is 0.464 e. The zero-order valence-electron chi connectivity index (χ0n) is 22.2. The number of furan rings is 1. The third kappa shape index (κ3) is 7.29. The van der Waals surface area contributed by atoms with Gasteiger partial charge in [-0.3, -0.25) is 4.79 Å². The monoisotopic (exact) mass is 521 g/mol. The van der Waals surface area contributed by atoms with Crippen LogP contribution < -0.4 is 14.8 Å². The second kappa shape index (κ2) is 13.0. The van der Waals surface area contributed by atoms with Gasteiger partial charge in [-0.1, -0.05) is 24.3 Å². The van der Waals surface area contributed by atoms with Crippen LogP contribution in [-0.2, 0) is 22.6 Å². The lowest BCUT2D eigenvalue weighted by atomic mass is 10.2. The minimum atomic E-state index is -0.332. The second-order valence-electron chi connectivity index (χ2n) is 9.17. The summed E-state index contributed by atoms with van der Waals surface area (Å²) in [6, 6.07) is 16.6. The number of anilines is 1. The number of amides is 3. The first-order valence-electron chi connectivity index (χ1n) is 12.8. The summed E-state index contributed by atoms with van der Waals surface area (Å²) in [5.41, 5.74) is 2.54. The standard InChI is InChI=1S/C29H35N3O6/c1-4-35-15-7-14-31(29(34)30-25-9-6-5-8-21(25)2)19-28(33)32(18-24-12-10-22(3)38-24)17-23-11-13-26-27(16-23)37-20-36-26/h5-6,8-13,16H,4,7,14-15,17-20H2,1-3H3,(H,30,34). The van der Waals surface area contributed by atoms with Crippen LogP contribution in [0.25, 0.3) is 0 Å². The van der Waals surface area contributed by atoms with Gasteiger partial charge >= 0.3 is 6.03 Å². The molecule has 2 heterocycles. The lowest BCUT2D eigenvalue weighted by molar-refractivity contribution is -0.133. The molecule has 0 saturated heterocycles. The minimum absolute atomic E-state index is 0.0892. The van der Waals surface area contributed by atoms with Crippen molar-refractivity contribution in [2.24, 2.45) is 0 Å². The van der Waals surface area contributed by atoms with Gasteiger partial charge in [0, 0.05) is 32.0 Å². The quantitative estimate of drug-likeness (QED) is 0.333. The summed E-state index contributed by atoms with van der Waals surface area (Å²) in [5, 5.41) is 2.95. The normalized spacial score (nSPS) is 11.9. The predicted molar refractivity (Wildman–Crippen MR) is 143 cm³/mol. The van der Waals surface area contributed by atoms with Crippen LogP contribution in [0.4, 0.5) is 10.5 Å². The Labute approximate surface area is 223 Å². The van der Waals surface area contributed by atoms with E-state index in [9.17, 15) is 9.59 Å². The molecule has 3 amide bonds. The molecule has 4 rings (SSSR count). The highest BCUT2D eigenvalue weighted by molar-refractivity contribution is 5.93. The van der Waals surface area contributed by atoms with E-state index in [0.717, 1.165) is 16.9 Å². The van der Waals surface area contributed by atoms with E-state index in [0.29, 0.717) is 55.7 Å². The molecule has 38 heavy (non-hydrogen) atoms. The molecule has 1 aromatic heterocycles. The number of rotatable bonds is 12. The Morgan fingerprint density at radius 3 is 2.55 bits per heavy atom. The maximum absolute atomic E-state index is 13.7. The van der Waals surface area contributed by atoms with E-state index in [4.69, 9.17) is 18.6 Å². The fourth-order valence-electron chi connectivity index (χ4n) is 4.18. The summed E-state index contributed by atoms with van der Waals surface area (Å²) < 4.78 is 22.2. The third-order valence-corrected chi connectivity index (χ3v) is 6.23. The number of fused-ring (bicyclic) bond motifs is 1.